The molecular formula is C14H25N3. The lowest BCUT2D eigenvalue weighted by molar-refractivity contribution is 0.126. The van der Waals surface area contributed by atoms with Crippen LogP contribution in [-0.2, 0) is 0 Å². The highest BCUT2D eigenvalue weighted by molar-refractivity contribution is 4.96. The van der Waals surface area contributed by atoms with Crippen molar-refractivity contribution in [1.82, 2.24) is 10.2 Å². The highest BCUT2D eigenvalue weighted by Crippen LogP contribution is 2.23. The van der Waals surface area contributed by atoms with Gasteiger partial charge in [-0.05, 0) is 51.5 Å². The van der Waals surface area contributed by atoms with Gasteiger partial charge >= 0.3 is 0 Å². The van der Waals surface area contributed by atoms with E-state index >= 15 is 0 Å². The quantitative estimate of drug-likeness (QED) is 0.793. The Balaban J connectivity index is 1.70. The third kappa shape index (κ3) is 3.97. The smallest absolute Gasteiger partial charge is 0.0967 e. The first kappa shape index (κ1) is 12.9. The first-order valence-electron chi connectivity index (χ1n) is 7.08. The van der Waals surface area contributed by atoms with Gasteiger partial charge in [-0.15, -0.1) is 0 Å². The average molecular weight is 235 g/mol. The summed E-state index contributed by atoms with van der Waals surface area (Å²) in [5.74, 6) is 0.873. The van der Waals surface area contributed by atoms with Gasteiger partial charge in [-0.25, -0.2) is 0 Å². The van der Waals surface area contributed by atoms with Crippen molar-refractivity contribution in [3.63, 3.8) is 0 Å². The SMILES string of the molecule is CC1CCN(CCC(C#N)NC2CC2)C(C)C1. The number of hydrogen-bond donors (Lipinski definition) is 1. The monoisotopic (exact) mass is 235 g/mol. The Morgan fingerprint density at radius 1 is 1.35 bits per heavy atom. The van der Waals surface area contributed by atoms with E-state index in [2.05, 4.69) is 30.1 Å². The van der Waals surface area contributed by atoms with Crippen LogP contribution in [0, 0.1) is 17.2 Å². The largest absolute Gasteiger partial charge is 0.301 e. The Labute approximate surface area is 105 Å². The van der Waals surface area contributed by atoms with Gasteiger partial charge in [0.25, 0.3) is 0 Å². The van der Waals surface area contributed by atoms with Gasteiger partial charge in [0.15, 0.2) is 0 Å². The van der Waals surface area contributed by atoms with Crippen LogP contribution >= 0.6 is 0 Å². The van der Waals surface area contributed by atoms with E-state index in [1.165, 1.54) is 32.2 Å². The summed E-state index contributed by atoms with van der Waals surface area (Å²) in [5.41, 5.74) is 0. The lowest BCUT2D eigenvalue weighted by atomic mass is 9.93. The summed E-state index contributed by atoms with van der Waals surface area (Å²) in [6.45, 7) is 6.96. The molecule has 0 radical (unpaired) electrons. The molecular weight excluding hydrogens is 210 g/mol. The Kier molecular flexibility index (Phi) is 4.42. The molecule has 0 aromatic heterocycles. The number of hydrogen-bond acceptors (Lipinski definition) is 3. The average Bonchev–Trinajstić information content (AvgIpc) is 3.10. The number of nitriles is 1. The number of rotatable bonds is 5. The third-order valence-electron chi connectivity index (χ3n) is 4.15. The molecule has 0 aromatic carbocycles. The van der Waals surface area contributed by atoms with Gasteiger partial charge in [0.05, 0.1) is 12.1 Å². The standard InChI is InChI=1S/C14H25N3/c1-11-5-7-17(12(2)9-11)8-6-14(10-15)16-13-3-4-13/h11-14,16H,3-9H2,1-2H3. The topological polar surface area (TPSA) is 39.1 Å². The second kappa shape index (κ2) is 5.84. The molecule has 2 fully saturated rings. The van der Waals surface area contributed by atoms with E-state index in [0.717, 1.165) is 18.9 Å². The molecule has 1 N–H and O–H groups in total. The Bertz CT molecular complexity index is 280. The van der Waals surface area contributed by atoms with Crippen molar-refractivity contribution in [2.75, 3.05) is 13.1 Å². The summed E-state index contributed by atoms with van der Waals surface area (Å²) in [4.78, 5) is 2.55. The van der Waals surface area contributed by atoms with Crippen LogP contribution in [0.4, 0.5) is 0 Å². The Morgan fingerprint density at radius 3 is 2.71 bits per heavy atom. The highest BCUT2D eigenvalue weighted by atomic mass is 15.2. The van der Waals surface area contributed by atoms with Crippen molar-refractivity contribution in [2.24, 2.45) is 5.92 Å². The molecule has 1 heterocycles. The van der Waals surface area contributed by atoms with Crippen molar-refractivity contribution in [1.29, 1.82) is 5.26 Å². The van der Waals surface area contributed by atoms with E-state index < -0.39 is 0 Å². The molecule has 17 heavy (non-hydrogen) atoms. The van der Waals surface area contributed by atoms with E-state index in [0.29, 0.717) is 12.1 Å². The lowest BCUT2D eigenvalue weighted by Gasteiger charge is -2.36. The van der Waals surface area contributed by atoms with Crippen molar-refractivity contribution in [3.05, 3.63) is 0 Å². The zero-order valence-electron chi connectivity index (χ0n) is 11.2. The maximum absolute atomic E-state index is 9.11. The van der Waals surface area contributed by atoms with E-state index in [9.17, 15) is 0 Å². The summed E-state index contributed by atoms with van der Waals surface area (Å²) in [6, 6.07) is 3.79. The third-order valence-corrected chi connectivity index (χ3v) is 4.15. The number of likely N-dealkylation sites (tertiary alicyclic amines) is 1. The maximum atomic E-state index is 9.11. The number of nitrogens with one attached hydrogen (secondary N) is 1. The minimum atomic E-state index is 0.0639. The van der Waals surface area contributed by atoms with Gasteiger partial charge in [-0.1, -0.05) is 6.92 Å². The zero-order chi connectivity index (χ0) is 12.3. The molecule has 1 saturated carbocycles. The van der Waals surface area contributed by atoms with Crippen LogP contribution in [0.1, 0.15) is 46.0 Å². The van der Waals surface area contributed by atoms with Crippen LogP contribution < -0.4 is 5.32 Å². The van der Waals surface area contributed by atoms with Crippen LogP contribution in [0.15, 0.2) is 0 Å². The Morgan fingerprint density at radius 2 is 2.12 bits per heavy atom. The zero-order valence-corrected chi connectivity index (χ0v) is 11.2. The van der Waals surface area contributed by atoms with Gasteiger partial charge in [0.1, 0.15) is 0 Å². The van der Waals surface area contributed by atoms with E-state index in [1.807, 2.05) is 0 Å². The van der Waals surface area contributed by atoms with Crippen LogP contribution in [-0.4, -0.2) is 36.1 Å². The van der Waals surface area contributed by atoms with E-state index in [4.69, 9.17) is 5.26 Å². The molecule has 0 bridgehead atoms. The summed E-state index contributed by atoms with van der Waals surface area (Å²) < 4.78 is 0. The fourth-order valence-electron chi connectivity index (χ4n) is 2.80. The van der Waals surface area contributed by atoms with E-state index in [1.54, 1.807) is 0 Å². The maximum Gasteiger partial charge on any atom is 0.0967 e. The molecule has 0 amide bonds. The molecule has 0 aromatic rings. The molecule has 1 saturated heterocycles. The molecule has 2 rings (SSSR count). The van der Waals surface area contributed by atoms with Gasteiger partial charge in [-0.2, -0.15) is 5.26 Å². The van der Waals surface area contributed by atoms with Crippen molar-refractivity contribution in [2.45, 2.75) is 64.1 Å². The molecule has 0 spiro atoms. The predicted molar refractivity (Wildman–Crippen MR) is 69.6 cm³/mol. The van der Waals surface area contributed by atoms with Gasteiger partial charge in [-0.3, -0.25) is 5.32 Å². The molecule has 96 valence electrons. The predicted octanol–water partition coefficient (Wildman–Crippen LogP) is 2.14. The van der Waals surface area contributed by atoms with Crippen molar-refractivity contribution < 1.29 is 0 Å². The fraction of sp³-hybridized carbons (Fsp3) is 0.929. The molecule has 3 atom stereocenters. The van der Waals surface area contributed by atoms with Gasteiger partial charge in [0, 0.05) is 18.6 Å². The minimum absolute atomic E-state index is 0.0639. The van der Waals surface area contributed by atoms with E-state index in [-0.39, 0.29) is 6.04 Å². The van der Waals surface area contributed by atoms with Gasteiger partial charge < -0.3 is 4.90 Å². The van der Waals surface area contributed by atoms with Crippen LogP contribution in [0.2, 0.25) is 0 Å². The van der Waals surface area contributed by atoms with Crippen molar-refractivity contribution in [3.8, 4) is 6.07 Å². The minimum Gasteiger partial charge on any atom is -0.301 e. The summed E-state index contributed by atoms with van der Waals surface area (Å²) in [6.07, 6.45) is 6.13. The van der Waals surface area contributed by atoms with Gasteiger partial charge in [0.2, 0.25) is 0 Å². The van der Waals surface area contributed by atoms with Crippen LogP contribution in [0.3, 0.4) is 0 Å². The van der Waals surface area contributed by atoms with Crippen LogP contribution in [0.5, 0.6) is 0 Å². The van der Waals surface area contributed by atoms with Crippen LogP contribution in [0.25, 0.3) is 0 Å². The first-order valence-corrected chi connectivity index (χ1v) is 7.08. The van der Waals surface area contributed by atoms with Crippen molar-refractivity contribution >= 4 is 0 Å². The molecule has 3 nitrogen and oxygen atoms in total. The molecule has 1 aliphatic heterocycles. The normalized spacial score (nSPS) is 32.1. The molecule has 2 aliphatic rings. The highest BCUT2D eigenvalue weighted by Gasteiger charge is 2.26. The summed E-state index contributed by atoms with van der Waals surface area (Å²) in [7, 11) is 0. The lowest BCUT2D eigenvalue weighted by Crippen LogP contribution is -2.43. The number of nitrogens with zero attached hydrogens (tertiary/aromatic N) is 2. The Hall–Kier alpha value is -0.590. The number of piperidine rings is 1. The fourth-order valence-corrected chi connectivity index (χ4v) is 2.80. The molecule has 1 aliphatic carbocycles. The summed E-state index contributed by atoms with van der Waals surface area (Å²) >= 11 is 0. The molecule has 3 unspecified atom stereocenters. The second-order valence-electron chi connectivity index (χ2n) is 5.93. The first-order chi connectivity index (χ1) is 8.19. The second-order valence-corrected chi connectivity index (χ2v) is 5.93. The molecule has 3 heteroatoms. The summed E-state index contributed by atoms with van der Waals surface area (Å²) in [5, 5.41) is 12.5.